The van der Waals surface area contributed by atoms with Crippen molar-refractivity contribution in [2.75, 3.05) is 0 Å². The molecule has 1 aliphatic heterocycles. The predicted octanol–water partition coefficient (Wildman–Crippen LogP) is 10.8. The lowest BCUT2D eigenvalue weighted by molar-refractivity contribution is 0.00578. The molecule has 0 spiro atoms. The molecule has 0 N–H and O–H groups in total. The molecule has 248 valence electrons. The lowest BCUT2D eigenvalue weighted by atomic mass is 9.75. The monoisotopic (exact) mass is 662 g/mol. The van der Waals surface area contributed by atoms with Crippen molar-refractivity contribution in [2.24, 2.45) is 0 Å². The van der Waals surface area contributed by atoms with Gasteiger partial charge in [-0.15, -0.1) is 0 Å². The Morgan fingerprint density at radius 1 is 0.392 bits per heavy atom. The molecule has 5 aromatic carbocycles. The number of aromatic nitrogens is 2. The van der Waals surface area contributed by atoms with E-state index in [1.54, 1.807) is 0 Å². The predicted molar refractivity (Wildman–Crippen MR) is 210 cm³/mol. The third-order valence-corrected chi connectivity index (χ3v) is 10.2. The molecule has 4 nitrogen and oxygen atoms in total. The molecule has 0 amide bonds. The molecule has 0 unspecified atom stereocenters. The molecule has 0 atom stereocenters. The number of pyridine rings is 2. The lowest BCUT2D eigenvalue weighted by Crippen LogP contribution is -2.41. The fourth-order valence-electron chi connectivity index (χ4n) is 6.72. The Hall–Kier alpha value is -5.62. The minimum Gasteiger partial charge on any atom is -0.399 e. The highest BCUT2D eigenvalue weighted by Crippen LogP contribution is 2.40. The molecule has 0 aliphatic carbocycles. The molecule has 2 aromatic heterocycles. The molecular formula is C46H39BN2O2. The van der Waals surface area contributed by atoms with Crippen LogP contribution in [0.3, 0.4) is 0 Å². The van der Waals surface area contributed by atoms with Crippen molar-refractivity contribution in [3.8, 4) is 67.0 Å². The Bertz CT molecular complexity index is 2140. The first-order valence-electron chi connectivity index (χ1n) is 17.5. The van der Waals surface area contributed by atoms with E-state index in [4.69, 9.17) is 19.3 Å². The number of benzene rings is 5. The molecule has 3 heterocycles. The van der Waals surface area contributed by atoms with E-state index in [1.165, 1.54) is 0 Å². The molecular weight excluding hydrogens is 623 g/mol. The van der Waals surface area contributed by atoms with Gasteiger partial charge < -0.3 is 9.31 Å². The third-order valence-electron chi connectivity index (χ3n) is 10.2. The summed E-state index contributed by atoms with van der Waals surface area (Å²) in [6.07, 6.45) is 3.95. The molecule has 0 bridgehead atoms. The van der Waals surface area contributed by atoms with E-state index in [-0.39, 0.29) is 0 Å². The third kappa shape index (κ3) is 6.43. The SMILES string of the molecule is CC1(C)OB(c2cc(-c3ccccc3-c3ccc(-c4ccccc4)nc3)cc(-c3ccccc3-c3ccc(-c4ccccc4)nc3)c2)OC1(C)C. The lowest BCUT2D eigenvalue weighted by Gasteiger charge is -2.32. The van der Waals surface area contributed by atoms with Crippen LogP contribution < -0.4 is 5.46 Å². The summed E-state index contributed by atoms with van der Waals surface area (Å²) in [6.45, 7) is 8.39. The van der Waals surface area contributed by atoms with E-state index in [1.807, 2.05) is 48.8 Å². The van der Waals surface area contributed by atoms with Gasteiger partial charge in [-0.2, -0.15) is 0 Å². The largest absolute Gasteiger partial charge is 0.494 e. The van der Waals surface area contributed by atoms with Crippen LogP contribution in [-0.2, 0) is 9.31 Å². The van der Waals surface area contributed by atoms with Crippen LogP contribution >= 0.6 is 0 Å². The second kappa shape index (κ2) is 13.3. The average Bonchev–Trinajstić information content (AvgIpc) is 3.41. The fourth-order valence-corrected chi connectivity index (χ4v) is 6.72. The van der Waals surface area contributed by atoms with E-state index in [9.17, 15) is 0 Å². The summed E-state index contributed by atoms with van der Waals surface area (Å²) in [6, 6.07) is 52.9. The highest BCUT2D eigenvalue weighted by molar-refractivity contribution is 6.62. The maximum absolute atomic E-state index is 6.63. The average molecular weight is 663 g/mol. The summed E-state index contributed by atoms with van der Waals surface area (Å²) in [5.41, 5.74) is 12.8. The van der Waals surface area contributed by atoms with Gasteiger partial charge in [0.05, 0.1) is 22.6 Å². The van der Waals surface area contributed by atoms with Crippen molar-refractivity contribution >= 4 is 12.6 Å². The van der Waals surface area contributed by atoms with Gasteiger partial charge in [0, 0.05) is 34.6 Å². The smallest absolute Gasteiger partial charge is 0.399 e. The van der Waals surface area contributed by atoms with Crippen LogP contribution in [0.1, 0.15) is 27.7 Å². The van der Waals surface area contributed by atoms with Gasteiger partial charge in [0.1, 0.15) is 0 Å². The van der Waals surface area contributed by atoms with Gasteiger partial charge in [0.25, 0.3) is 0 Å². The summed E-state index contributed by atoms with van der Waals surface area (Å²) >= 11 is 0. The van der Waals surface area contributed by atoms with Crippen molar-refractivity contribution in [3.05, 3.63) is 164 Å². The molecule has 1 fully saturated rings. The van der Waals surface area contributed by atoms with Gasteiger partial charge in [0.2, 0.25) is 0 Å². The van der Waals surface area contributed by atoms with E-state index in [0.29, 0.717) is 0 Å². The molecule has 1 aliphatic rings. The first kappa shape index (κ1) is 32.6. The minimum absolute atomic E-state index is 0.470. The number of hydrogen-bond donors (Lipinski definition) is 0. The zero-order valence-corrected chi connectivity index (χ0v) is 29.4. The Morgan fingerprint density at radius 3 is 1.14 bits per heavy atom. The standard InChI is InChI=1S/C46H39BN2O2/c1-45(2)46(3,4)51-47(50-45)38-28-36(41-21-13-11-19-39(41)34-23-25-43(48-30-34)32-15-7-5-8-16-32)27-37(29-38)42-22-14-12-20-40(42)35-24-26-44(49-31-35)33-17-9-6-10-18-33/h5-31H,1-4H3. The quantitative estimate of drug-likeness (QED) is 0.159. The van der Waals surface area contributed by atoms with Crippen LogP contribution in [0.15, 0.2) is 164 Å². The Balaban J connectivity index is 1.24. The van der Waals surface area contributed by atoms with Crippen molar-refractivity contribution in [1.29, 1.82) is 0 Å². The van der Waals surface area contributed by atoms with Crippen molar-refractivity contribution in [2.45, 2.75) is 38.9 Å². The number of hydrogen-bond acceptors (Lipinski definition) is 4. The van der Waals surface area contributed by atoms with Gasteiger partial charge in [-0.3, -0.25) is 9.97 Å². The highest BCUT2D eigenvalue weighted by atomic mass is 16.7. The summed E-state index contributed by atoms with van der Waals surface area (Å²) in [5.74, 6) is 0. The molecule has 0 radical (unpaired) electrons. The minimum atomic E-state index is -0.522. The van der Waals surface area contributed by atoms with Gasteiger partial charge in [-0.25, -0.2) is 0 Å². The Kier molecular flexibility index (Phi) is 8.47. The van der Waals surface area contributed by atoms with Crippen LogP contribution in [0.4, 0.5) is 0 Å². The van der Waals surface area contributed by atoms with Crippen LogP contribution in [0, 0.1) is 0 Å². The van der Waals surface area contributed by atoms with E-state index < -0.39 is 18.3 Å². The zero-order valence-electron chi connectivity index (χ0n) is 29.4. The number of nitrogens with zero attached hydrogens (tertiary/aromatic N) is 2. The Labute approximate surface area is 301 Å². The van der Waals surface area contributed by atoms with E-state index in [0.717, 1.165) is 72.5 Å². The van der Waals surface area contributed by atoms with Crippen molar-refractivity contribution in [1.82, 2.24) is 9.97 Å². The van der Waals surface area contributed by atoms with Crippen LogP contribution in [0.2, 0.25) is 0 Å². The highest BCUT2D eigenvalue weighted by Gasteiger charge is 2.51. The summed E-state index contributed by atoms with van der Waals surface area (Å²) in [4.78, 5) is 9.72. The Morgan fingerprint density at radius 2 is 0.765 bits per heavy atom. The van der Waals surface area contributed by atoms with E-state index >= 15 is 0 Å². The van der Waals surface area contributed by atoms with Gasteiger partial charge in [-0.05, 0) is 84.7 Å². The van der Waals surface area contributed by atoms with Crippen molar-refractivity contribution in [3.63, 3.8) is 0 Å². The summed E-state index contributed by atoms with van der Waals surface area (Å²) in [5, 5.41) is 0. The second-order valence-corrected chi connectivity index (χ2v) is 14.1. The van der Waals surface area contributed by atoms with Crippen LogP contribution in [0.5, 0.6) is 0 Å². The number of rotatable bonds is 7. The summed E-state index contributed by atoms with van der Waals surface area (Å²) < 4.78 is 13.3. The molecule has 0 saturated carbocycles. The van der Waals surface area contributed by atoms with Gasteiger partial charge >= 0.3 is 7.12 Å². The molecule has 8 rings (SSSR count). The second-order valence-electron chi connectivity index (χ2n) is 14.1. The van der Waals surface area contributed by atoms with Crippen molar-refractivity contribution < 1.29 is 9.31 Å². The van der Waals surface area contributed by atoms with Crippen LogP contribution in [-0.4, -0.2) is 28.3 Å². The van der Waals surface area contributed by atoms with Gasteiger partial charge in [0.15, 0.2) is 0 Å². The molecule has 5 heteroatoms. The molecule has 51 heavy (non-hydrogen) atoms. The van der Waals surface area contributed by atoms with Gasteiger partial charge in [-0.1, -0.05) is 133 Å². The van der Waals surface area contributed by atoms with E-state index in [2.05, 4.69) is 143 Å². The maximum atomic E-state index is 6.63. The van der Waals surface area contributed by atoms with Crippen LogP contribution in [0.25, 0.3) is 67.0 Å². The first-order valence-corrected chi connectivity index (χ1v) is 17.5. The topological polar surface area (TPSA) is 44.2 Å². The molecule has 7 aromatic rings. The normalized spacial score (nSPS) is 14.8. The maximum Gasteiger partial charge on any atom is 0.494 e. The molecule has 1 saturated heterocycles. The first-order chi connectivity index (χ1) is 24.8. The fraction of sp³-hybridized carbons (Fsp3) is 0.130. The summed E-state index contributed by atoms with van der Waals surface area (Å²) in [7, 11) is -0.522. The zero-order chi connectivity index (χ0) is 35.0.